The van der Waals surface area contributed by atoms with Crippen LogP contribution in [0, 0.1) is 5.92 Å². The summed E-state index contributed by atoms with van der Waals surface area (Å²) in [6, 6.07) is 1.69. The number of carbonyl (C=O) groups is 1. The summed E-state index contributed by atoms with van der Waals surface area (Å²) in [5.41, 5.74) is 0.595. The molecule has 84 valence electrons. The summed E-state index contributed by atoms with van der Waals surface area (Å²) in [7, 11) is 0. The number of rotatable bonds is 4. The van der Waals surface area contributed by atoms with Crippen LogP contribution in [0.4, 0.5) is 0 Å². The van der Waals surface area contributed by atoms with E-state index in [-0.39, 0.29) is 5.91 Å². The third kappa shape index (κ3) is 3.09. The second-order valence-electron chi connectivity index (χ2n) is 3.85. The Labute approximate surface area is 98.6 Å². The Hall–Kier alpha value is -0.770. The van der Waals surface area contributed by atoms with E-state index in [4.69, 9.17) is 4.42 Å². The van der Waals surface area contributed by atoms with E-state index in [9.17, 15) is 4.79 Å². The van der Waals surface area contributed by atoms with Crippen LogP contribution in [0.15, 0.2) is 21.4 Å². The first-order valence-corrected chi connectivity index (χ1v) is 5.87. The Bertz CT molecular complexity index is 333. The summed E-state index contributed by atoms with van der Waals surface area (Å²) in [4.78, 5) is 13.8. The molecular weight excluding hydrogens is 258 g/mol. The predicted octanol–water partition coefficient (Wildman–Crippen LogP) is 3.16. The first-order valence-electron chi connectivity index (χ1n) is 5.08. The van der Waals surface area contributed by atoms with E-state index in [1.54, 1.807) is 6.07 Å². The average Bonchev–Trinajstić information content (AvgIpc) is 2.59. The van der Waals surface area contributed by atoms with Crippen molar-refractivity contribution in [1.29, 1.82) is 0 Å². The van der Waals surface area contributed by atoms with Gasteiger partial charge in [-0.2, -0.15) is 0 Å². The van der Waals surface area contributed by atoms with Crippen LogP contribution in [0.2, 0.25) is 0 Å². The summed E-state index contributed by atoms with van der Waals surface area (Å²) in [6.45, 7) is 7.66. The molecule has 0 aliphatic rings. The highest BCUT2D eigenvalue weighted by atomic mass is 79.9. The summed E-state index contributed by atoms with van der Waals surface area (Å²) in [6.07, 6.45) is 1.51. The van der Waals surface area contributed by atoms with Crippen LogP contribution in [0.1, 0.15) is 31.1 Å². The van der Waals surface area contributed by atoms with Crippen LogP contribution in [0.3, 0.4) is 0 Å². The van der Waals surface area contributed by atoms with Gasteiger partial charge in [-0.1, -0.05) is 13.8 Å². The van der Waals surface area contributed by atoms with Gasteiger partial charge in [0.05, 0.1) is 11.8 Å². The standard InChI is InChI=1S/C11H16BrNO2/c1-4-13(7-8(2)3)11(14)9-5-6-15-10(9)12/h5-6,8H,4,7H2,1-3H3. The molecule has 0 saturated heterocycles. The Balaban J connectivity index is 2.78. The number of hydrogen-bond donors (Lipinski definition) is 0. The molecule has 1 amide bonds. The maximum atomic E-state index is 12.0. The molecule has 1 rings (SSSR count). The minimum atomic E-state index is 0.0202. The van der Waals surface area contributed by atoms with Crippen LogP contribution in [-0.2, 0) is 0 Å². The highest BCUT2D eigenvalue weighted by Gasteiger charge is 2.19. The molecule has 3 nitrogen and oxygen atoms in total. The van der Waals surface area contributed by atoms with Gasteiger partial charge in [0.2, 0.25) is 0 Å². The van der Waals surface area contributed by atoms with Crippen molar-refractivity contribution in [2.75, 3.05) is 13.1 Å². The van der Waals surface area contributed by atoms with Gasteiger partial charge in [-0.25, -0.2) is 0 Å². The monoisotopic (exact) mass is 273 g/mol. The lowest BCUT2D eigenvalue weighted by Gasteiger charge is -2.22. The Morgan fingerprint density at radius 3 is 2.67 bits per heavy atom. The van der Waals surface area contributed by atoms with Crippen molar-refractivity contribution < 1.29 is 9.21 Å². The van der Waals surface area contributed by atoms with Gasteiger partial charge in [-0.05, 0) is 34.8 Å². The average molecular weight is 274 g/mol. The maximum absolute atomic E-state index is 12.0. The van der Waals surface area contributed by atoms with Crippen LogP contribution in [-0.4, -0.2) is 23.9 Å². The summed E-state index contributed by atoms with van der Waals surface area (Å²) in [5, 5.41) is 0. The zero-order chi connectivity index (χ0) is 11.4. The van der Waals surface area contributed by atoms with Gasteiger partial charge in [-0.3, -0.25) is 4.79 Å². The molecule has 0 fully saturated rings. The van der Waals surface area contributed by atoms with Gasteiger partial charge in [0.15, 0.2) is 4.67 Å². The van der Waals surface area contributed by atoms with E-state index in [0.29, 0.717) is 22.7 Å². The zero-order valence-corrected chi connectivity index (χ0v) is 10.9. The largest absolute Gasteiger partial charge is 0.457 e. The van der Waals surface area contributed by atoms with Crippen molar-refractivity contribution in [3.05, 3.63) is 22.6 Å². The Kier molecular flexibility index (Phi) is 4.39. The van der Waals surface area contributed by atoms with Crippen LogP contribution in [0.25, 0.3) is 0 Å². The lowest BCUT2D eigenvalue weighted by atomic mass is 10.2. The van der Waals surface area contributed by atoms with E-state index >= 15 is 0 Å². The van der Waals surface area contributed by atoms with Gasteiger partial charge in [0.1, 0.15) is 0 Å². The molecule has 1 aromatic heterocycles. The van der Waals surface area contributed by atoms with E-state index in [1.807, 2.05) is 11.8 Å². The molecule has 0 spiro atoms. The molecule has 4 heteroatoms. The summed E-state index contributed by atoms with van der Waals surface area (Å²) < 4.78 is 5.56. The SMILES string of the molecule is CCN(CC(C)C)C(=O)c1ccoc1Br. The second-order valence-corrected chi connectivity index (χ2v) is 4.57. The molecule has 0 radical (unpaired) electrons. The smallest absolute Gasteiger partial charge is 0.258 e. The fraction of sp³-hybridized carbons (Fsp3) is 0.545. The van der Waals surface area contributed by atoms with Crippen molar-refractivity contribution in [3.63, 3.8) is 0 Å². The predicted molar refractivity (Wildman–Crippen MR) is 62.8 cm³/mol. The number of nitrogens with zero attached hydrogens (tertiary/aromatic N) is 1. The molecule has 15 heavy (non-hydrogen) atoms. The summed E-state index contributed by atoms with van der Waals surface area (Å²) in [5.74, 6) is 0.492. The van der Waals surface area contributed by atoms with Gasteiger partial charge >= 0.3 is 0 Å². The highest BCUT2D eigenvalue weighted by Crippen LogP contribution is 2.19. The minimum Gasteiger partial charge on any atom is -0.457 e. The topological polar surface area (TPSA) is 33.5 Å². The van der Waals surface area contributed by atoms with Crippen molar-refractivity contribution in [2.24, 2.45) is 5.92 Å². The van der Waals surface area contributed by atoms with E-state index in [2.05, 4.69) is 29.8 Å². The molecule has 1 aromatic rings. The molecule has 1 heterocycles. The van der Waals surface area contributed by atoms with Crippen LogP contribution in [0.5, 0.6) is 0 Å². The summed E-state index contributed by atoms with van der Waals surface area (Å²) >= 11 is 3.22. The van der Waals surface area contributed by atoms with E-state index in [1.165, 1.54) is 6.26 Å². The first-order chi connectivity index (χ1) is 7.06. The number of carbonyl (C=O) groups excluding carboxylic acids is 1. The van der Waals surface area contributed by atoms with Crippen LogP contribution >= 0.6 is 15.9 Å². The molecule has 0 aliphatic carbocycles. The Morgan fingerprint density at radius 2 is 2.27 bits per heavy atom. The second kappa shape index (κ2) is 5.35. The molecule has 0 N–H and O–H groups in total. The van der Waals surface area contributed by atoms with Crippen molar-refractivity contribution in [2.45, 2.75) is 20.8 Å². The third-order valence-electron chi connectivity index (χ3n) is 2.10. The van der Waals surface area contributed by atoms with E-state index in [0.717, 1.165) is 6.54 Å². The van der Waals surface area contributed by atoms with E-state index < -0.39 is 0 Å². The molecule has 0 aliphatic heterocycles. The molecule has 0 aromatic carbocycles. The normalized spacial score (nSPS) is 10.7. The van der Waals surface area contributed by atoms with Crippen LogP contribution < -0.4 is 0 Å². The molecular formula is C11H16BrNO2. The molecule has 0 bridgehead atoms. The maximum Gasteiger partial charge on any atom is 0.258 e. The quantitative estimate of drug-likeness (QED) is 0.845. The third-order valence-corrected chi connectivity index (χ3v) is 2.72. The van der Waals surface area contributed by atoms with Crippen molar-refractivity contribution in [1.82, 2.24) is 4.90 Å². The molecule has 0 saturated carbocycles. The Morgan fingerprint density at radius 1 is 1.60 bits per heavy atom. The molecule has 0 atom stereocenters. The number of amides is 1. The lowest BCUT2D eigenvalue weighted by molar-refractivity contribution is 0.0744. The first kappa shape index (κ1) is 12.3. The highest BCUT2D eigenvalue weighted by molar-refractivity contribution is 9.10. The van der Waals surface area contributed by atoms with Gasteiger partial charge in [-0.15, -0.1) is 0 Å². The van der Waals surface area contributed by atoms with Gasteiger partial charge in [0, 0.05) is 13.1 Å². The van der Waals surface area contributed by atoms with Crippen molar-refractivity contribution >= 4 is 21.8 Å². The number of furan rings is 1. The molecule has 0 unspecified atom stereocenters. The van der Waals surface area contributed by atoms with Gasteiger partial charge < -0.3 is 9.32 Å². The minimum absolute atomic E-state index is 0.0202. The fourth-order valence-electron chi connectivity index (χ4n) is 1.41. The number of hydrogen-bond acceptors (Lipinski definition) is 2. The van der Waals surface area contributed by atoms with Crippen molar-refractivity contribution in [3.8, 4) is 0 Å². The fourth-order valence-corrected chi connectivity index (χ4v) is 1.82. The number of halogens is 1. The zero-order valence-electron chi connectivity index (χ0n) is 9.29. The lowest BCUT2D eigenvalue weighted by Crippen LogP contribution is -2.33. The van der Waals surface area contributed by atoms with Gasteiger partial charge in [0.25, 0.3) is 5.91 Å².